The molecule has 120 valence electrons. The molecule has 2 nitrogen and oxygen atoms in total. The van der Waals surface area contributed by atoms with Crippen LogP contribution >= 0.6 is 7.92 Å². The van der Waals surface area contributed by atoms with Gasteiger partial charge in [0, 0.05) is 6.16 Å². The number of methoxy groups -OCH3 is 1. The van der Waals surface area contributed by atoms with Crippen molar-refractivity contribution in [3.8, 4) is 0 Å². The van der Waals surface area contributed by atoms with Gasteiger partial charge in [0.1, 0.15) is 0 Å². The fourth-order valence-corrected chi connectivity index (χ4v) is 4.93. The molecule has 0 amide bonds. The van der Waals surface area contributed by atoms with Gasteiger partial charge >= 0.3 is 5.97 Å². The summed E-state index contributed by atoms with van der Waals surface area (Å²) in [7, 11) is 0.897. The Balaban J connectivity index is 1.95. The van der Waals surface area contributed by atoms with Crippen molar-refractivity contribution in [2.24, 2.45) is 0 Å². The normalized spacial score (nSPS) is 10.6. The van der Waals surface area contributed by atoms with Crippen LogP contribution in [0, 0.1) is 0 Å². The molecule has 0 heterocycles. The third kappa shape index (κ3) is 3.90. The van der Waals surface area contributed by atoms with E-state index in [1.54, 1.807) is 6.07 Å². The van der Waals surface area contributed by atoms with E-state index in [-0.39, 0.29) is 5.97 Å². The summed E-state index contributed by atoms with van der Waals surface area (Å²) in [4.78, 5) is 11.8. The van der Waals surface area contributed by atoms with Gasteiger partial charge in [-0.15, -0.1) is 0 Å². The first-order chi connectivity index (χ1) is 11.8. The van der Waals surface area contributed by atoms with E-state index in [9.17, 15) is 4.79 Å². The Labute approximate surface area is 143 Å². The van der Waals surface area contributed by atoms with Crippen LogP contribution in [-0.4, -0.2) is 13.1 Å². The van der Waals surface area contributed by atoms with E-state index in [0.717, 1.165) is 11.7 Å². The maximum atomic E-state index is 11.8. The van der Waals surface area contributed by atoms with Crippen molar-refractivity contribution in [3.05, 3.63) is 96.1 Å². The number of esters is 1. The lowest BCUT2D eigenvalue weighted by molar-refractivity contribution is 0.0600. The first-order valence-electron chi connectivity index (χ1n) is 7.83. The van der Waals surface area contributed by atoms with Crippen LogP contribution in [0.2, 0.25) is 0 Å². The smallest absolute Gasteiger partial charge is 0.337 e. The monoisotopic (exact) mass is 334 g/mol. The second kappa shape index (κ2) is 7.90. The summed E-state index contributed by atoms with van der Waals surface area (Å²) in [5, 5.41) is 2.67. The minimum atomic E-state index is -0.515. The van der Waals surface area contributed by atoms with Crippen LogP contribution in [0.15, 0.2) is 84.9 Å². The molecule has 0 unspecified atom stereocenters. The molecule has 3 aromatic carbocycles. The summed E-state index contributed by atoms with van der Waals surface area (Å²) < 4.78 is 4.83. The number of ether oxygens (including phenoxy) is 1. The zero-order valence-corrected chi connectivity index (χ0v) is 14.4. The van der Waals surface area contributed by atoms with Crippen LogP contribution < -0.4 is 10.6 Å². The van der Waals surface area contributed by atoms with Gasteiger partial charge in [-0.2, -0.15) is 0 Å². The Kier molecular flexibility index (Phi) is 5.40. The van der Waals surface area contributed by atoms with Crippen molar-refractivity contribution in [2.75, 3.05) is 7.11 Å². The van der Waals surface area contributed by atoms with Crippen molar-refractivity contribution >= 4 is 24.5 Å². The molecule has 3 aromatic rings. The van der Waals surface area contributed by atoms with E-state index in [2.05, 4.69) is 54.6 Å². The number of carbonyl (C=O) groups excluding carboxylic acids is 1. The largest absolute Gasteiger partial charge is 0.465 e. The van der Waals surface area contributed by atoms with E-state index >= 15 is 0 Å². The fourth-order valence-electron chi connectivity index (χ4n) is 2.64. The van der Waals surface area contributed by atoms with Gasteiger partial charge in [0.15, 0.2) is 0 Å². The first-order valence-corrected chi connectivity index (χ1v) is 9.35. The van der Waals surface area contributed by atoms with Gasteiger partial charge < -0.3 is 4.74 Å². The van der Waals surface area contributed by atoms with Crippen molar-refractivity contribution in [1.82, 2.24) is 0 Å². The van der Waals surface area contributed by atoms with E-state index in [1.165, 1.54) is 17.7 Å². The third-order valence-corrected chi connectivity index (χ3v) is 6.35. The van der Waals surface area contributed by atoms with Crippen LogP contribution in [0.5, 0.6) is 0 Å². The maximum absolute atomic E-state index is 11.8. The van der Waals surface area contributed by atoms with Gasteiger partial charge in [-0.3, -0.25) is 0 Å². The predicted molar refractivity (Wildman–Crippen MR) is 101 cm³/mol. The Hall–Kier alpha value is -2.44. The highest BCUT2D eigenvalue weighted by Crippen LogP contribution is 2.37. The second-order valence-corrected chi connectivity index (χ2v) is 7.65. The molecule has 3 heteroatoms. The maximum Gasteiger partial charge on any atom is 0.337 e. The summed E-state index contributed by atoms with van der Waals surface area (Å²) in [5.74, 6) is -0.291. The van der Waals surface area contributed by atoms with Crippen LogP contribution in [0.25, 0.3) is 0 Å². The minimum Gasteiger partial charge on any atom is -0.465 e. The molecule has 0 spiro atoms. The molecule has 0 atom stereocenters. The van der Waals surface area contributed by atoms with Gasteiger partial charge in [0.2, 0.25) is 0 Å². The minimum absolute atomic E-state index is 0.291. The van der Waals surface area contributed by atoms with Gasteiger partial charge in [0.05, 0.1) is 12.7 Å². The van der Waals surface area contributed by atoms with Gasteiger partial charge in [-0.05, 0) is 36.2 Å². The average molecular weight is 334 g/mol. The van der Waals surface area contributed by atoms with Crippen molar-refractivity contribution in [1.29, 1.82) is 0 Å². The van der Waals surface area contributed by atoms with E-state index < -0.39 is 7.92 Å². The molecule has 0 aliphatic heterocycles. The summed E-state index contributed by atoms with van der Waals surface area (Å²) in [6.07, 6.45) is 0.897. The lowest BCUT2D eigenvalue weighted by atomic mass is 10.1. The fraction of sp³-hybridized carbons (Fsp3) is 0.0952. The molecule has 0 fully saturated rings. The Morgan fingerprint density at radius 1 is 0.833 bits per heavy atom. The molecule has 0 bridgehead atoms. The van der Waals surface area contributed by atoms with Crippen LogP contribution in [0.3, 0.4) is 0 Å². The number of carbonyl (C=O) groups is 1. The summed E-state index contributed by atoms with van der Waals surface area (Å²) in [6.45, 7) is 0. The molecule has 0 aromatic heterocycles. The number of hydrogen-bond donors (Lipinski definition) is 0. The lowest BCUT2D eigenvalue weighted by Crippen LogP contribution is -2.13. The number of rotatable bonds is 5. The Bertz CT molecular complexity index is 761. The van der Waals surface area contributed by atoms with Crippen molar-refractivity contribution in [3.63, 3.8) is 0 Å². The highest BCUT2D eigenvalue weighted by molar-refractivity contribution is 7.72. The Morgan fingerprint density at radius 2 is 1.42 bits per heavy atom. The van der Waals surface area contributed by atoms with Crippen LogP contribution in [0.4, 0.5) is 0 Å². The second-order valence-electron chi connectivity index (χ2n) is 5.45. The molecule has 0 aliphatic rings. The molecular formula is C21H19O2P. The molecule has 0 saturated heterocycles. The molecule has 24 heavy (non-hydrogen) atoms. The summed E-state index contributed by atoms with van der Waals surface area (Å²) in [6, 6.07) is 28.9. The SMILES string of the molecule is COC(=O)c1cccc(CP(c2ccccc2)c2ccccc2)c1. The number of hydrogen-bond acceptors (Lipinski definition) is 2. The summed E-state index contributed by atoms with van der Waals surface area (Å²) >= 11 is 0. The predicted octanol–water partition coefficient (Wildman–Crippen LogP) is 4.11. The van der Waals surface area contributed by atoms with Gasteiger partial charge in [-0.25, -0.2) is 4.79 Å². The third-order valence-electron chi connectivity index (χ3n) is 3.82. The zero-order chi connectivity index (χ0) is 16.8. The lowest BCUT2D eigenvalue weighted by Gasteiger charge is -2.19. The van der Waals surface area contributed by atoms with E-state index in [0.29, 0.717) is 5.56 Å². The van der Waals surface area contributed by atoms with Gasteiger partial charge in [-0.1, -0.05) is 72.8 Å². The van der Waals surface area contributed by atoms with Crippen molar-refractivity contribution < 1.29 is 9.53 Å². The molecule has 0 radical (unpaired) electrons. The van der Waals surface area contributed by atoms with E-state index in [1.807, 2.05) is 24.3 Å². The standard InChI is InChI=1S/C21H19O2P/c1-23-21(22)18-10-8-9-17(15-18)16-24(19-11-4-2-5-12-19)20-13-6-3-7-14-20/h2-15H,16H2,1H3. The highest BCUT2D eigenvalue weighted by atomic mass is 31.1. The topological polar surface area (TPSA) is 26.3 Å². The Morgan fingerprint density at radius 3 is 1.96 bits per heavy atom. The zero-order valence-electron chi connectivity index (χ0n) is 13.6. The van der Waals surface area contributed by atoms with Crippen LogP contribution in [0.1, 0.15) is 15.9 Å². The molecular weight excluding hydrogens is 315 g/mol. The quantitative estimate of drug-likeness (QED) is 0.518. The highest BCUT2D eigenvalue weighted by Gasteiger charge is 2.15. The number of benzene rings is 3. The molecule has 3 rings (SSSR count). The van der Waals surface area contributed by atoms with Gasteiger partial charge in [0.25, 0.3) is 0 Å². The van der Waals surface area contributed by atoms with Crippen LogP contribution in [-0.2, 0) is 10.9 Å². The van der Waals surface area contributed by atoms with Crippen molar-refractivity contribution in [2.45, 2.75) is 6.16 Å². The summed E-state index contributed by atoms with van der Waals surface area (Å²) in [5.41, 5.74) is 1.75. The molecule has 0 saturated carbocycles. The molecule has 0 aliphatic carbocycles. The van der Waals surface area contributed by atoms with E-state index in [4.69, 9.17) is 4.74 Å². The first kappa shape index (κ1) is 16.4. The molecule has 0 N–H and O–H groups in total. The average Bonchev–Trinajstić information content (AvgIpc) is 2.67.